The number of piperazine rings is 1. The molecule has 174 valence electrons. The third-order valence-electron chi connectivity index (χ3n) is 5.12. The first-order chi connectivity index (χ1) is 15.1. The number of nitrogens with zero attached hydrogens (tertiary/aromatic N) is 3. The number of anilines is 1. The highest BCUT2D eigenvalue weighted by Gasteiger charge is 2.27. The fourth-order valence-electron chi connectivity index (χ4n) is 3.46. The van der Waals surface area contributed by atoms with E-state index in [1.807, 2.05) is 33.8 Å². The zero-order valence-electron chi connectivity index (χ0n) is 19.2. The molecule has 3 rings (SSSR count). The van der Waals surface area contributed by atoms with E-state index in [0.717, 1.165) is 11.3 Å². The summed E-state index contributed by atoms with van der Waals surface area (Å²) in [6.45, 7) is 10.6. The van der Waals surface area contributed by atoms with Crippen molar-refractivity contribution in [2.45, 2.75) is 45.9 Å². The first kappa shape index (κ1) is 23.7. The lowest BCUT2D eigenvalue weighted by Crippen LogP contribution is -2.50. The summed E-state index contributed by atoms with van der Waals surface area (Å²) >= 11 is 0. The van der Waals surface area contributed by atoms with E-state index in [1.54, 1.807) is 29.3 Å². The summed E-state index contributed by atoms with van der Waals surface area (Å²) in [5.41, 5.74) is 2.06. The smallest absolute Gasteiger partial charge is 0.410 e. The second kappa shape index (κ2) is 10.1. The van der Waals surface area contributed by atoms with Crippen molar-refractivity contribution in [3.05, 3.63) is 47.4 Å². The topological polar surface area (TPSA) is 86.8 Å². The molecule has 1 fully saturated rings. The number of carbonyl (C=O) groups is 2. The Morgan fingerprint density at radius 3 is 2.53 bits per heavy atom. The van der Waals surface area contributed by atoms with E-state index < -0.39 is 17.8 Å². The summed E-state index contributed by atoms with van der Waals surface area (Å²) in [5.74, 6) is 0. The number of aryl methyl sites for hydroxylation is 1. The molecule has 2 aliphatic rings. The molecule has 32 heavy (non-hydrogen) atoms. The quantitative estimate of drug-likeness (QED) is 0.739. The Kier molecular flexibility index (Phi) is 7.50. The highest BCUT2D eigenvalue weighted by molar-refractivity contribution is 5.90. The minimum atomic E-state index is -1.26. The molecule has 1 aliphatic heterocycles. The Morgan fingerprint density at radius 1 is 1.19 bits per heavy atom. The predicted molar refractivity (Wildman–Crippen MR) is 121 cm³/mol. The van der Waals surface area contributed by atoms with Gasteiger partial charge in [0.2, 0.25) is 0 Å². The van der Waals surface area contributed by atoms with Gasteiger partial charge in [-0.3, -0.25) is 9.88 Å². The first-order valence-electron chi connectivity index (χ1n) is 10.8. The van der Waals surface area contributed by atoms with Crippen LogP contribution in [0.25, 0.3) is 0 Å². The Bertz CT molecular complexity index is 884. The Hall–Kier alpha value is -2.94. The van der Waals surface area contributed by atoms with Gasteiger partial charge < -0.3 is 20.3 Å². The molecule has 8 nitrogen and oxygen atoms in total. The van der Waals surface area contributed by atoms with Gasteiger partial charge in [0, 0.05) is 44.8 Å². The number of carbonyl (C=O) groups excluding carboxylic acids is 2. The van der Waals surface area contributed by atoms with Gasteiger partial charge in [-0.1, -0.05) is 6.08 Å². The van der Waals surface area contributed by atoms with Crippen LogP contribution >= 0.6 is 0 Å². The minimum Gasteiger partial charge on any atom is -0.444 e. The third-order valence-corrected chi connectivity index (χ3v) is 5.12. The summed E-state index contributed by atoms with van der Waals surface area (Å²) in [4.78, 5) is 32.5. The average Bonchev–Trinajstić information content (AvgIpc) is 2.71. The van der Waals surface area contributed by atoms with Crippen LogP contribution in [0.4, 0.5) is 19.7 Å². The number of rotatable bonds is 4. The van der Waals surface area contributed by atoms with Crippen molar-refractivity contribution in [3.8, 4) is 0 Å². The van der Waals surface area contributed by atoms with E-state index in [9.17, 15) is 14.0 Å². The second-order valence-electron chi connectivity index (χ2n) is 9.09. The fraction of sp³-hybridized carbons (Fsp3) is 0.522. The Balaban J connectivity index is 1.50. The lowest BCUT2D eigenvalue weighted by Gasteiger charge is -2.36. The molecule has 3 amide bonds. The molecule has 1 aliphatic carbocycles. The van der Waals surface area contributed by atoms with Gasteiger partial charge in [-0.25, -0.2) is 14.0 Å². The summed E-state index contributed by atoms with van der Waals surface area (Å²) < 4.78 is 19.8. The molecular weight excluding hydrogens is 413 g/mol. The molecule has 0 radical (unpaired) electrons. The lowest BCUT2D eigenvalue weighted by atomic mass is 10.0. The summed E-state index contributed by atoms with van der Waals surface area (Å²) in [7, 11) is 0. The van der Waals surface area contributed by atoms with Crippen molar-refractivity contribution in [2.75, 3.05) is 38.0 Å². The normalized spacial score (nSPS) is 19.7. The van der Waals surface area contributed by atoms with Gasteiger partial charge in [0.25, 0.3) is 0 Å². The largest absolute Gasteiger partial charge is 0.444 e. The molecule has 2 N–H and O–H groups in total. The molecule has 1 unspecified atom stereocenters. The van der Waals surface area contributed by atoms with Crippen LogP contribution in [0, 0.1) is 6.92 Å². The number of alkyl halides is 1. The van der Waals surface area contributed by atoms with Crippen LogP contribution in [-0.2, 0) is 4.74 Å². The van der Waals surface area contributed by atoms with E-state index in [2.05, 4.69) is 20.5 Å². The minimum absolute atomic E-state index is 0.214. The number of urea groups is 1. The van der Waals surface area contributed by atoms with Crippen molar-refractivity contribution in [2.24, 2.45) is 0 Å². The zero-order chi connectivity index (χ0) is 23.3. The number of halogens is 1. The van der Waals surface area contributed by atoms with Gasteiger partial charge in [-0.2, -0.15) is 0 Å². The molecule has 1 atom stereocenters. The number of hydrogen-bond donors (Lipinski definition) is 2. The third kappa shape index (κ3) is 7.05. The van der Waals surface area contributed by atoms with Gasteiger partial charge >= 0.3 is 12.1 Å². The van der Waals surface area contributed by atoms with E-state index in [1.165, 1.54) is 0 Å². The van der Waals surface area contributed by atoms with Crippen LogP contribution in [0.3, 0.4) is 0 Å². The van der Waals surface area contributed by atoms with Crippen LogP contribution in [0.1, 0.15) is 32.9 Å². The highest BCUT2D eigenvalue weighted by atomic mass is 19.1. The molecule has 1 aromatic rings. The summed E-state index contributed by atoms with van der Waals surface area (Å²) in [6, 6.07) is 3.03. The Labute approximate surface area is 188 Å². The van der Waals surface area contributed by atoms with Crippen molar-refractivity contribution in [3.63, 3.8) is 0 Å². The van der Waals surface area contributed by atoms with E-state index in [0.29, 0.717) is 38.4 Å². The van der Waals surface area contributed by atoms with Crippen LogP contribution in [0.15, 0.2) is 41.8 Å². The number of ether oxygens (including phenoxy) is 1. The summed E-state index contributed by atoms with van der Waals surface area (Å²) in [5, 5.41) is 5.29. The SMILES string of the molecule is Cc1ccc(NC(=O)NC2=CC(CN3CCN(C(=O)OC(C)(C)C)CC3)=CCC2F)cn1. The molecule has 1 saturated heterocycles. The lowest BCUT2D eigenvalue weighted by molar-refractivity contribution is 0.0153. The Morgan fingerprint density at radius 2 is 1.91 bits per heavy atom. The molecule has 2 heterocycles. The van der Waals surface area contributed by atoms with Crippen molar-refractivity contribution >= 4 is 17.8 Å². The second-order valence-corrected chi connectivity index (χ2v) is 9.09. The molecule has 0 spiro atoms. The highest BCUT2D eigenvalue weighted by Crippen LogP contribution is 2.21. The van der Waals surface area contributed by atoms with Gasteiger partial charge in [0.15, 0.2) is 0 Å². The van der Waals surface area contributed by atoms with Crippen LogP contribution in [-0.4, -0.2) is 71.4 Å². The zero-order valence-corrected chi connectivity index (χ0v) is 19.2. The van der Waals surface area contributed by atoms with Gasteiger partial charge in [0.1, 0.15) is 11.8 Å². The van der Waals surface area contributed by atoms with Crippen LogP contribution in [0.5, 0.6) is 0 Å². The van der Waals surface area contributed by atoms with Gasteiger partial charge in [0.05, 0.1) is 17.6 Å². The van der Waals surface area contributed by atoms with E-state index in [4.69, 9.17) is 4.74 Å². The van der Waals surface area contributed by atoms with Gasteiger partial charge in [-0.05, 0) is 51.5 Å². The van der Waals surface area contributed by atoms with Crippen LogP contribution in [0.2, 0.25) is 0 Å². The predicted octanol–water partition coefficient (Wildman–Crippen LogP) is 3.62. The molecule has 0 saturated carbocycles. The van der Waals surface area contributed by atoms with Crippen molar-refractivity contribution in [1.82, 2.24) is 20.1 Å². The maximum absolute atomic E-state index is 14.4. The fourth-order valence-corrected chi connectivity index (χ4v) is 3.46. The van der Waals surface area contributed by atoms with Crippen molar-refractivity contribution in [1.29, 1.82) is 0 Å². The number of nitrogens with one attached hydrogen (secondary N) is 2. The van der Waals surface area contributed by atoms with Crippen molar-refractivity contribution < 1.29 is 18.7 Å². The molecule has 0 aromatic carbocycles. The number of pyridine rings is 1. The molecular formula is C23H32FN5O3. The number of amides is 3. The van der Waals surface area contributed by atoms with Gasteiger partial charge in [-0.15, -0.1) is 0 Å². The molecule has 0 bridgehead atoms. The number of aromatic nitrogens is 1. The monoisotopic (exact) mass is 445 g/mol. The van der Waals surface area contributed by atoms with E-state index >= 15 is 0 Å². The maximum atomic E-state index is 14.4. The first-order valence-corrected chi connectivity index (χ1v) is 10.8. The standard InChI is InChI=1S/C23H32FN5O3/c1-16-5-7-18(14-25-16)26-21(30)27-20-13-17(6-8-19(20)24)15-28-9-11-29(12-10-28)22(31)32-23(2,3)4/h5-7,13-14,19H,8-12,15H2,1-4H3,(H2,26,27,30). The van der Waals surface area contributed by atoms with E-state index in [-0.39, 0.29) is 18.2 Å². The maximum Gasteiger partial charge on any atom is 0.410 e. The molecule has 9 heteroatoms. The average molecular weight is 446 g/mol. The van der Waals surface area contributed by atoms with Crippen LogP contribution < -0.4 is 10.6 Å². The number of allylic oxidation sites excluding steroid dienone is 2. The molecule has 1 aromatic heterocycles. The number of hydrogen-bond acceptors (Lipinski definition) is 5. The summed E-state index contributed by atoms with van der Waals surface area (Å²) in [6.07, 6.45) is 3.77.